The summed E-state index contributed by atoms with van der Waals surface area (Å²) in [5.41, 5.74) is 2.76. The third-order valence-corrected chi connectivity index (χ3v) is 2.80. The van der Waals surface area contributed by atoms with Crippen LogP contribution in [0.4, 0.5) is 4.79 Å². The third-order valence-electron chi connectivity index (χ3n) is 2.80. The van der Waals surface area contributed by atoms with Gasteiger partial charge in [-0.05, 0) is 20.8 Å². The standard InChI is InChI=1S/C11H18N4O3/c1-6-9(8(3)15(4)14-6)5-12-11(18)13-7(2)10(16)17/h7H,5H2,1-4H3,(H,16,17)(H2,12,13,18)/t7-/m0/s1. The molecule has 7 heteroatoms. The summed E-state index contributed by atoms with van der Waals surface area (Å²) in [5, 5.41) is 17.8. The fourth-order valence-corrected chi connectivity index (χ4v) is 1.55. The molecule has 0 aromatic carbocycles. The molecule has 0 aliphatic rings. The lowest BCUT2D eigenvalue weighted by molar-refractivity contribution is -0.138. The van der Waals surface area contributed by atoms with Crippen molar-refractivity contribution in [1.29, 1.82) is 0 Å². The summed E-state index contributed by atoms with van der Waals surface area (Å²) < 4.78 is 1.74. The molecule has 0 fully saturated rings. The maximum absolute atomic E-state index is 11.4. The molecule has 0 aliphatic carbocycles. The number of aliphatic carboxylic acids is 1. The molecule has 1 aromatic heterocycles. The van der Waals surface area contributed by atoms with Crippen LogP contribution in [0.1, 0.15) is 23.9 Å². The lowest BCUT2D eigenvalue weighted by Crippen LogP contribution is -2.44. The van der Waals surface area contributed by atoms with Gasteiger partial charge in [0, 0.05) is 24.8 Å². The minimum atomic E-state index is -1.07. The fraction of sp³-hybridized carbons (Fsp3) is 0.545. The van der Waals surface area contributed by atoms with Crippen LogP contribution < -0.4 is 10.6 Å². The van der Waals surface area contributed by atoms with Crippen LogP contribution in [-0.2, 0) is 18.4 Å². The van der Waals surface area contributed by atoms with Gasteiger partial charge in [-0.1, -0.05) is 0 Å². The predicted molar refractivity (Wildman–Crippen MR) is 65.2 cm³/mol. The van der Waals surface area contributed by atoms with Crippen molar-refractivity contribution in [2.24, 2.45) is 7.05 Å². The second kappa shape index (κ2) is 5.52. The molecule has 7 nitrogen and oxygen atoms in total. The van der Waals surface area contributed by atoms with Crippen LogP contribution in [0.3, 0.4) is 0 Å². The summed E-state index contributed by atoms with van der Waals surface area (Å²) in [5.74, 6) is -1.07. The van der Waals surface area contributed by atoms with Crippen LogP contribution >= 0.6 is 0 Å². The maximum atomic E-state index is 11.4. The van der Waals surface area contributed by atoms with E-state index in [0.717, 1.165) is 17.0 Å². The maximum Gasteiger partial charge on any atom is 0.325 e. The van der Waals surface area contributed by atoms with Crippen LogP contribution in [-0.4, -0.2) is 32.9 Å². The smallest absolute Gasteiger partial charge is 0.325 e. The predicted octanol–water partition coefficient (Wildman–Crippen LogP) is 0.309. The number of hydrogen-bond donors (Lipinski definition) is 3. The average Bonchev–Trinajstić information content (AvgIpc) is 2.51. The Morgan fingerprint density at radius 3 is 2.50 bits per heavy atom. The van der Waals surface area contributed by atoms with Crippen molar-refractivity contribution >= 4 is 12.0 Å². The molecule has 0 saturated carbocycles. The number of amides is 2. The van der Waals surface area contributed by atoms with E-state index < -0.39 is 18.0 Å². The summed E-state index contributed by atoms with van der Waals surface area (Å²) in [4.78, 5) is 22.0. The molecule has 0 unspecified atom stereocenters. The molecule has 18 heavy (non-hydrogen) atoms. The minimum Gasteiger partial charge on any atom is -0.480 e. The first-order valence-corrected chi connectivity index (χ1v) is 5.59. The molecular formula is C11H18N4O3. The van der Waals surface area contributed by atoms with Crippen LogP contribution in [0.5, 0.6) is 0 Å². The zero-order valence-electron chi connectivity index (χ0n) is 10.9. The van der Waals surface area contributed by atoms with Gasteiger partial charge in [0.15, 0.2) is 0 Å². The number of nitrogens with zero attached hydrogens (tertiary/aromatic N) is 2. The van der Waals surface area contributed by atoms with Gasteiger partial charge in [-0.15, -0.1) is 0 Å². The first kappa shape index (κ1) is 14.0. The van der Waals surface area contributed by atoms with E-state index in [1.807, 2.05) is 20.9 Å². The molecule has 0 spiro atoms. The van der Waals surface area contributed by atoms with E-state index in [0.29, 0.717) is 6.54 Å². The first-order valence-electron chi connectivity index (χ1n) is 5.59. The van der Waals surface area contributed by atoms with Gasteiger partial charge in [0.2, 0.25) is 0 Å². The Morgan fingerprint density at radius 2 is 2.06 bits per heavy atom. The number of urea groups is 1. The SMILES string of the molecule is Cc1nn(C)c(C)c1CNC(=O)N[C@@H](C)C(=O)O. The summed E-state index contributed by atoms with van der Waals surface area (Å²) in [6, 6.07) is -1.42. The van der Waals surface area contributed by atoms with Crippen molar-refractivity contribution in [1.82, 2.24) is 20.4 Å². The molecule has 1 heterocycles. The number of nitrogens with one attached hydrogen (secondary N) is 2. The average molecular weight is 254 g/mol. The van der Waals surface area contributed by atoms with Gasteiger partial charge in [0.25, 0.3) is 0 Å². The van der Waals surface area contributed by atoms with Crippen LogP contribution in [0, 0.1) is 13.8 Å². The van der Waals surface area contributed by atoms with Crippen molar-refractivity contribution in [2.75, 3.05) is 0 Å². The molecule has 0 saturated heterocycles. The second-order valence-corrected chi connectivity index (χ2v) is 4.16. The Kier molecular flexibility index (Phi) is 4.30. The summed E-state index contributed by atoms with van der Waals surface area (Å²) in [7, 11) is 1.83. The van der Waals surface area contributed by atoms with Gasteiger partial charge in [0.05, 0.1) is 5.69 Å². The first-order chi connectivity index (χ1) is 8.32. The lowest BCUT2D eigenvalue weighted by atomic mass is 10.2. The number of carbonyl (C=O) groups is 2. The molecule has 3 N–H and O–H groups in total. The zero-order valence-corrected chi connectivity index (χ0v) is 10.9. The number of carbonyl (C=O) groups excluding carboxylic acids is 1. The lowest BCUT2D eigenvalue weighted by Gasteiger charge is -2.10. The van der Waals surface area contributed by atoms with Crippen molar-refractivity contribution in [3.05, 3.63) is 17.0 Å². The molecule has 100 valence electrons. The number of rotatable bonds is 4. The molecule has 0 bridgehead atoms. The molecule has 1 atom stereocenters. The number of aromatic nitrogens is 2. The van der Waals surface area contributed by atoms with E-state index in [-0.39, 0.29) is 0 Å². The van der Waals surface area contributed by atoms with Crippen molar-refractivity contribution in [2.45, 2.75) is 33.4 Å². The Labute approximate surface area is 105 Å². The second-order valence-electron chi connectivity index (χ2n) is 4.16. The number of carboxylic acids is 1. The van der Waals surface area contributed by atoms with Crippen molar-refractivity contribution < 1.29 is 14.7 Å². The quantitative estimate of drug-likeness (QED) is 0.720. The van der Waals surface area contributed by atoms with Crippen LogP contribution in [0.25, 0.3) is 0 Å². The van der Waals surface area contributed by atoms with E-state index in [1.54, 1.807) is 4.68 Å². The molecule has 0 aliphatic heterocycles. The Bertz CT molecular complexity index is 467. The molecular weight excluding hydrogens is 236 g/mol. The van der Waals surface area contributed by atoms with E-state index in [1.165, 1.54) is 6.92 Å². The summed E-state index contributed by atoms with van der Waals surface area (Å²) in [6.07, 6.45) is 0. The number of carboxylic acid groups (broad SMARTS) is 1. The van der Waals surface area contributed by atoms with Gasteiger partial charge >= 0.3 is 12.0 Å². The highest BCUT2D eigenvalue weighted by molar-refractivity contribution is 5.82. The highest BCUT2D eigenvalue weighted by atomic mass is 16.4. The summed E-state index contributed by atoms with van der Waals surface area (Å²) >= 11 is 0. The zero-order chi connectivity index (χ0) is 13.9. The van der Waals surface area contributed by atoms with Gasteiger partial charge in [0.1, 0.15) is 6.04 Å². The Hall–Kier alpha value is -2.05. The third kappa shape index (κ3) is 3.22. The van der Waals surface area contributed by atoms with Gasteiger partial charge in [-0.25, -0.2) is 4.79 Å². The Morgan fingerprint density at radius 1 is 1.44 bits per heavy atom. The molecule has 1 aromatic rings. The van der Waals surface area contributed by atoms with Gasteiger partial charge in [-0.3, -0.25) is 9.48 Å². The fourth-order valence-electron chi connectivity index (χ4n) is 1.55. The van der Waals surface area contributed by atoms with Crippen molar-refractivity contribution in [3.8, 4) is 0 Å². The number of hydrogen-bond acceptors (Lipinski definition) is 3. The van der Waals surface area contributed by atoms with E-state index in [4.69, 9.17) is 5.11 Å². The molecule has 0 radical (unpaired) electrons. The highest BCUT2D eigenvalue weighted by Crippen LogP contribution is 2.10. The summed E-state index contributed by atoms with van der Waals surface area (Å²) in [6.45, 7) is 5.50. The van der Waals surface area contributed by atoms with Gasteiger partial charge < -0.3 is 15.7 Å². The number of aryl methyl sites for hydroxylation is 2. The van der Waals surface area contributed by atoms with Gasteiger partial charge in [-0.2, -0.15) is 5.10 Å². The van der Waals surface area contributed by atoms with Crippen LogP contribution in [0.2, 0.25) is 0 Å². The molecule has 2 amide bonds. The van der Waals surface area contributed by atoms with E-state index in [9.17, 15) is 9.59 Å². The largest absolute Gasteiger partial charge is 0.480 e. The monoisotopic (exact) mass is 254 g/mol. The topological polar surface area (TPSA) is 96.3 Å². The van der Waals surface area contributed by atoms with Crippen molar-refractivity contribution in [3.63, 3.8) is 0 Å². The molecule has 1 rings (SSSR count). The normalized spacial score (nSPS) is 12.0. The minimum absolute atomic E-state index is 0.323. The van der Waals surface area contributed by atoms with E-state index >= 15 is 0 Å². The Balaban J connectivity index is 2.55. The van der Waals surface area contributed by atoms with E-state index in [2.05, 4.69) is 15.7 Å². The van der Waals surface area contributed by atoms with Crippen LogP contribution in [0.15, 0.2) is 0 Å². The highest BCUT2D eigenvalue weighted by Gasteiger charge is 2.15.